The third-order valence-electron chi connectivity index (χ3n) is 3.24. The van der Waals surface area contributed by atoms with E-state index in [0.29, 0.717) is 22.8 Å². The molecule has 5 nitrogen and oxygen atoms in total. The fraction of sp³-hybridized carbons (Fsp3) is 0.167. The molecule has 2 aromatic rings. The zero-order chi connectivity index (χ0) is 17.4. The second-order valence-electron chi connectivity index (χ2n) is 5.11. The Balaban J connectivity index is 1.95. The number of benzene rings is 1. The van der Waals surface area contributed by atoms with Crippen LogP contribution >= 0.6 is 12.2 Å². The lowest BCUT2D eigenvalue weighted by Crippen LogP contribution is -2.29. The Hall–Kier alpha value is -2.73. The standard InChI is InChI=1S/C18H18N2O3S/c1-20(12-14-5-4-10-19-11-14)17(24)13-23-16-7-3-2-6-15(16)8-9-18(21)22/h2-11H,12-13H2,1H3,(H,21,22)/b9-8+. The molecule has 0 fully saturated rings. The van der Waals surface area contributed by atoms with Gasteiger partial charge in [-0.2, -0.15) is 0 Å². The normalized spacial score (nSPS) is 10.5. The summed E-state index contributed by atoms with van der Waals surface area (Å²) in [6.45, 7) is 0.890. The van der Waals surface area contributed by atoms with E-state index in [9.17, 15) is 4.79 Å². The van der Waals surface area contributed by atoms with Crippen LogP contribution in [0.15, 0.2) is 54.9 Å². The Kier molecular flexibility index (Phi) is 6.45. The van der Waals surface area contributed by atoms with Gasteiger partial charge in [-0.25, -0.2) is 4.79 Å². The number of para-hydroxylation sites is 1. The second-order valence-corrected chi connectivity index (χ2v) is 5.58. The average Bonchev–Trinajstić information content (AvgIpc) is 2.59. The number of thiocarbonyl (C=S) groups is 1. The number of rotatable bonds is 7. The highest BCUT2D eigenvalue weighted by atomic mass is 32.1. The number of hydrogen-bond donors (Lipinski definition) is 1. The summed E-state index contributed by atoms with van der Waals surface area (Å²) in [5.41, 5.74) is 1.75. The van der Waals surface area contributed by atoms with Gasteiger partial charge in [0.1, 0.15) is 17.3 Å². The Morgan fingerprint density at radius 3 is 2.83 bits per heavy atom. The summed E-state index contributed by atoms with van der Waals surface area (Å²) in [7, 11) is 1.90. The monoisotopic (exact) mass is 342 g/mol. The van der Waals surface area contributed by atoms with Crippen LogP contribution < -0.4 is 4.74 Å². The molecule has 0 atom stereocenters. The lowest BCUT2D eigenvalue weighted by atomic mass is 10.2. The minimum absolute atomic E-state index is 0.240. The molecule has 6 heteroatoms. The zero-order valence-electron chi connectivity index (χ0n) is 13.3. The first-order valence-electron chi connectivity index (χ1n) is 7.32. The van der Waals surface area contributed by atoms with Gasteiger partial charge in [-0.05, 0) is 23.8 Å². The summed E-state index contributed by atoms with van der Waals surface area (Å²) >= 11 is 5.39. The van der Waals surface area contributed by atoms with E-state index < -0.39 is 5.97 Å². The Labute approximate surface area is 146 Å². The van der Waals surface area contributed by atoms with Crippen molar-refractivity contribution in [1.82, 2.24) is 9.88 Å². The second kappa shape index (κ2) is 8.79. The maximum atomic E-state index is 10.7. The predicted molar refractivity (Wildman–Crippen MR) is 96.9 cm³/mol. The van der Waals surface area contributed by atoms with Crippen molar-refractivity contribution in [3.8, 4) is 5.75 Å². The van der Waals surface area contributed by atoms with Crippen LogP contribution in [-0.2, 0) is 11.3 Å². The first-order chi connectivity index (χ1) is 11.6. The maximum Gasteiger partial charge on any atom is 0.328 e. The molecular formula is C18H18N2O3S. The minimum atomic E-state index is -1.00. The van der Waals surface area contributed by atoms with E-state index in [1.54, 1.807) is 24.5 Å². The van der Waals surface area contributed by atoms with Crippen LogP contribution in [0.1, 0.15) is 11.1 Å². The van der Waals surface area contributed by atoms with Crippen molar-refractivity contribution in [2.45, 2.75) is 6.54 Å². The predicted octanol–water partition coefficient (Wildman–Crippen LogP) is 3.02. The van der Waals surface area contributed by atoms with Gasteiger partial charge in [-0.15, -0.1) is 0 Å². The molecular weight excluding hydrogens is 324 g/mol. The number of likely N-dealkylation sites (N-methyl/N-ethyl adjacent to an activating group) is 1. The number of hydrogen-bond acceptors (Lipinski definition) is 4. The van der Waals surface area contributed by atoms with E-state index in [0.717, 1.165) is 11.6 Å². The van der Waals surface area contributed by atoms with Crippen LogP contribution in [0.3, 0.4) is 0 Å². The van der Waals surface area contributed by atoms with Gasteiger partial charge in [0.15, 0.2) is 0 Å². The summed E-state index contributed by atoms with van der Waals surface area (Å²) in [6, 6.07) is 11.1. The van der Waals surface area contributed by atoms with E-state index in [-0.39, 0.29) is 6.61 Å². The topological polar surface area (TPSA) is 62.7 Å². The lowest BCUT2D eigenvalue weighted by molar-refractivity contribution is -0.131. The van der Waals surface area contributed by atoms with E-state index in [4.69, 9.17) is 22.1 Å². The van der Waals surface area contributed by atoms with Crippen molar-refractivity contribution >= 4 is 29.3 Å². The van der Waals surface area contributed by atoms with Crippen molar-refractivity contribution in [2.24, 2.45) is 0 Å². The number of carboxylic acid groups (broad SMARTS) is 1. The van der Waals surface area contributed by atoms with Crippen molar-refractivity contribution in [2.75, 3.05) is 13.7 Å². The molecule has 0 radical (unpaired) electrons. The molecule has 24 heavy (non-hydrogen) atoms. The molecule has 0 unspecified atom stereocenters. The molecule has 0 spiro atoms. The average molecular weight is 342 g/mol. The largest absolute Gasteiger partial charge is 0.486 e. The van der Waals surface area contributed by atoms with Crippen LogP contribution in [-0.4, -0.2) is 39.6 Å². The summed E-state index contributed by atoms with van der Waals surface area (Å²) in [5.74, 6) is -0.413. The Morgan fingerprint density at radius 1 is 1.33 bits per heavy atom. The van der Waals surface area contributed by atoms with Gasteiger partial charge in [0, 0.05) is 37.6 Å². The highest BCUT2D eigenvalue weighted by molar-refractivity contribution is 7.80. The molecule has 1 heterocycles. The highest BCUT2D eigenvalue weighted by Crippen LogP contribution is 2.19. The molecule has 0 bridgehead atoms. The van der Waals surface area contributed by atoms with E-state index in [1.165, 1.54) is 6.08 Å². The van der Waals surface area contributed by atoms with Crippen LogP contribution in [0.5, 0.6) is 5.75 Å². The fourth-order valence-electron chi connectivity index (χ4n) is 2.01. The van der Waals surface area contributed by atoms with Gasteiger partial charge in [0.05, 0.1) is 0 Å². The third-order valence-corrected chi connectivity index (χ3v) is 3.67. The van der Waals surface area contributed by atoms with E-state index in [1.807, 2.05) is 36.2 Å². The number of carbonyl (C=O) groups is 1. The summed E-state index contributed by atoms with van der Waals surface area (Å²) < 4.78 is 5.75. The summed E-state index contributed by atoms with van der Waals surface area (Å²) in [4.78, 5) is 17.3. The van der Waals surface area contributed by atoms with Crippen molar-refractivity contribution in [3.63, 3.8) is 0 Å². The first kappa shape index (κ1) is 17.6. The van der Waals surface area contributed by atoms with Crippen molar-refractivity contribution in [1.29, 1.82) is 0 Å². The number of aliphatic carboxylic acids is 1. The summed E-state index contributed by atoms with van der Waals surface area (Å²) in [6.07, 6.45) is 6.10. The number of ether oxygens (including phenoxy) is 1. The summed E-state index contributed by atoms with van der Waals surface area (Å²) in [5, 5.41) is 8.74. The maximum absolute atomic E-state index is 10.7. The Bertz CT molecular complexity index is 732. The molecule has 0 aliphatic heterocycles. The van der Waals surface area contributed by atoms with Gasteiger partial charge < -0.3 is 14.7 Å². The lowest BCUT2D eigenvalue weighted by Gasteiger charge is -2.20. The molecule has 2 rings (SSSR count). The molecule has 0 amide bonds. The van der Waals surface area contributed by atoms with Gasteiger partial charge in [-0.1, -0.05) is 36.5 Å². The third kappa shape index (κ3) is 5.48. The molecule has 0 saturated carbocycles. The first-order valence-corrected chi connectivity index (χ1v) is 7.73. The minimum Gasteiger partial charge on any atom is -0.486 e. The molecule has 1 aromatic carbocycles. The quantitative estimate of drug-likeness (QED) is 0.616. The van der Waals surface area contributed by atoms with Gasteiger partial charge in [0.2, 0.25) is 0 Å². The van der Waals surface area contributed by atoms with Crippen molar-refractivity contribution < 1.29 is 14.6 Å². The molecule has 1 N–H and O–H groups in total. The van der Waals surface area contributed by atoms with Crippen LogP contribution in [0, 0.1) is 0 Å². The number of pyridine rings is 1. The smallest absolute Gasteiger partial charge is 0.328 e. The molecule has 0 aliphatic rings. The van der Waals surface area contributed by atoms with Crippen molar-refractivity contribution in [3.05, 3.63) is 66.0 Å². The Morgan fingerprint density at radius 2 is 2.12 bits per heavy atom. The zero-order valence-corrected chi connectivity index (χ0v) is 14.1. The van der Waals surface area contributed by atoms with E-state index >= 15 is 0 Å². The van der Waals surface area contributed by atoms with Crippen LogP contribution in [0.4, 0.5) is 0 Å². The van der Waals surface area contributed by atoms with E-state index in [2.05, 4.69) is 4.98 Å². The number of aromatic nitrogens is 1. The molecule has 0 saturated heterocycles. The fourth-order valence-corrected chi connectivity index (χ4v) is 2.14. The SMILES string of the molecule is CN(Cc1cccnc1)C(=S)COc1ccccc1/C=C/C(=O)O. The van der Waals surface area contributed by atoms with Gasteiger partial charge in [0.25, 0.3) is 0 Å². The van der Waals surface area contributed by atoms with Crippen LogP contribution in [0.25, 0.3) is 6.08 Å². The molecule has 124 valence electrons. The molecule has 0 aliphatic carbocycles. The van der Waals surface area contributed by atoms with Crippen LogP contribution in [0.2, 0.25) is 0 Å². The number of carboxylic acids is 1. The number of nitrogens with zero attached hydrogens (tertiary/aromatic N) is 2. The highest BCUT2D eigenvalue weighted by Gasteiger charge is 2.08. The molecule has 1 aromatic heterocycles. The van der Waals surface area contributed by atoms with Gasteiger partial charge >= 0.3 is 5.97 Å². The van der Waals surface area contributed by atoms with Gasteiger partial charge in [-0.3, -0.25) is 4.98 Å².